The molecule has 0 unspecified atom stereocenters. The first-order valence-electron chi connectivity index (χ1n) is 14.6. The molecule has 0 aliphatic heterocycles. The Hall–Kier alpha value is -1.85. The number of amides is 1. The molecule has 1 amide bonds. The van der Waals surface area contributed by atoms with Gasteiger partial charge in [-0.3, -0.25) is 4.79 Å². The van der Waals surface area contributed by atoms with E-state index in [0.29, 0.717) is 12.1 Å². The Labute approximate surface area is 214 Å². The number of carbonyl (C=O) groups excluding carboxylic acids is 1. The second-order valence-electron chi connectivity index (χ2n) is 10.2. The van der Waals surface area contributed by atoms with Crippen LogP contribution in [0, 0.1) is 0 Å². The van der Waals surface area contributed by atoms with Gasteiger partial charge < -0.3 is 15.4 Å². The zero-order valence-electron chi connectivity index (χ0n) is 22.5. The average molecular weight is 492 g/mol. The Bertz CT molecular complexity index is 619. The van der Waals surface area contributed by atoms with E-state index in [4.69, 9.17) is 0 Å². The third-order valence-electron chi connectivity index (χ3n) is 6.87. The summed E-state index contributed by atoms with van der Waals surface area (Å²) in [6, 6.07) is -0.909. The van der Waals surface area contributed by atoms with Gasteiger partial charge in [0.1, 0.15) is 6.04 Å². The summed E-state index contributed by atoms with van der Waals surface area (Å²) >= 11 is 0. The van der Waals surface area contributed by atoms with Crippen LogP contribution < -0.4 is 5.32 Å². The number of carbonyl (C=O) groups is 2. The SMILES string of the molecule is CCCCCCCCCCCCCCCCCCCCCCC(=O)N[C@@H](Cc1cnc[nH]1)C(=O)O. The van der Waals surface area contributed by atoms with E-state index < -0.39 is 12.0 Å². The molecule has 0 bridgehead atoms. The lowest BCUT2D eigenvalue weighted by molar-refractivity contribution is -0.141. The number of carboxylic acid groups (broad SMARTS) is 1. The zero-order chi connectivity index (χ0) is 25.4. The van der Waals surface area contributed by atoms with Crippen molar-refractivity contribution >= 4 is 11.9 Å². The van der Waals surface area contributed by atoms with Crippen molar-refractivity contribution in [3.63, 3.8) is 0 Å². The third kappa shape index (κ3) is 19.1. The molecule has 1 aromatic rings. The number of aromatic nitrogens is 2. The smallest absolute Gasteiger partial charge is 0.326 e. The summed E-state index contributed by atoms with van der Waals surface area (Å²) in [5.74, 6) is -1.20. The number of carboxylic acids is 1. The van der Waals surface area contributed by atoms with Crippen LogP contribution in [0.3, 0.4) is 0 Å². The van der Waals surface area contributed by atoms with E-state index in [0.717, 1.165) is 19.3 Å². The third-order valence-corrected chi connectivity index (χ3v) is 6.87. The molecule has 1 aromatic heterocycles. The maximum absolute atomic E-state index is 12.1. The van der Waals surface area contributed by atoms with E-state index in [2.05, 4.69) is 22.2 Å². The molecule has 202 valence electrons. The first-order valence-corrected chi connectivity index (χ1v) is 14.6. The molecular weight excluding hydrogens is 438 g/mol. The Morgan fingerprint density at radius 2 is 1.20 bits per heavy atom. The highest BCUT2D eigenvalue weighted by Crippen LogP contribution is 2.15. The minimum atomic E-state index is -1.02. The predicted octanol–water partition coefficient (Wildman–Crippen LogP) is 7.73. The van der Waals surface area contributed by atoms with Gasteiger partial charge in [0.2, 0.25) is 5.91 Å². The van der Waals surface area contributed by atoms with Crippen molar-refractivity contribution in [1.29, 1.82) is 0 Å². The summed E-state index contributed by atoms with van der Waals surface area (Å²) in [7, 11) is 0. The molecule has 1 rings (SSSR count). The van der Waals surface area contributed by atoms with Crippen LogP contribution in [0.2, 0.25) is 0 Å². The summed E-state index contributed by atoms with van der Waals surface area (Å²) in [6.07, 6.45) is 30.3. The number of aromatic amines is 1. The Kier molecular flexibility index (Phi) is 20.1. The Morgan fingerprint density at radius 1 is 0.771 bits per heavy atom. The average Bonchev–Trinajstić information content (AvgIpc) is 3.35. The molecule has 1 atom stereocenters. The van der Waals surface area contributed by atoms with E-state index >= 15 is 0 Å². The normalized spacial score (nSPS) is 12.0. The molecule has 6 heteroatoms. The van der Waals surface area contributed by atoms with Crippen molar-refractivity contribution in [2.45, 2.75) is 154 Å². The second-order valence-corrected chi connectivity index (χ2v) is 10.2. The summed E-state index contributed by atoms with van der Waals surface area (Å²) in [4.78, 5) is 30.2. The van der Waals surface area contributed by atoms with E-state index in [1.54, 1.807) is 6.20 Å². The molecule has 1 heterocycles. The number of hydrogen-bond donors (Lipinski definition) is 3. The van der Waals surface area contributed by atoms with Crippen LogP contribution >= 0.6 is 0 Å². The number of rotatable bonds is 25. The fourth-order valence-corrected chi connectivity index (χ4v) is 4.62. The van der Waals surface area contributed by atoms with Gasteiger partial charge in [-0.1, -0.05) is 129 Å². The van der Waals surface area contributed by atoms with Gasteiger partial charge >= 0.3 is 5.97 Å². The fraction of sp³-hybridized carbons (Fsp3) is 0.828. The molecule has 0 radical (unpaired) electrons. The quantitative estimate of drug-likeness (QED) is 0.122. The highest BCUT2D eigenvalue weighted by molar-refractivity contribution is 5.83. The van der Waals surface area contributed by atoms with Crippen molar-refractivity contribution < 1.29 is 14.7 Å². The molecule has 3 N–H and O–H groups in total. The topological polar surface area (TPSA) is 95.1 Å². The number of nitrogens with one attached hydrogen (secondary N) is 2. The summed E-state index contributed by atoms with van der Waals surface area (Å²) in [5.41, 5.74) is 0.705. The summed E-state index contributed by atoms with van der Waals surface area (Å²) in [6.45, 7) is 2.28. The van der Waals surface area contributed by atoms with E-state index in [1.807, 2.05) is 0 Å². The van der Waals surface area contributed by atoms with Gasteiger partial charge in [0, 0.05) is 24.7 Å². The van der Waals surface area contributed by atoms with Crippen molar-refractivity contribution in [3.8, 4) is 0 Å². The minimum Gasteiger partial charge on any atom is -0.480 e. The van der Waals surface area contributed by atoms with Crippen LogP contribution in [0.25, 0.3) is 0 Å². The first-order chi connectivity index (χ1) is 17.1. The molecule has 0 saturated heterocycles. The van der Waals surface area contributed by atoms with Crippen molar-refractivity contribution in [2.75, 3.05) is 0 Å². The largest absolute Gasteiger partial charge is 0.480 e. The number of imidazole rings is 1. The van der Waals surface area contributed by atoms with Crippen molar-refractivity contribution in [3.05, 3.63) is 18.2 Å². The Balaban J connectivity index is 1.82. The molecular formula is C29H53N3O3. The van der Waals surface area contributed by atoms with Crippen LogP contribution in [0.5, 0.6) is 0 Å². The molecule has 6 nitrogen and oxygen atoms in total. The monoisotopic (exact) mass is 491 g/mol. The van der Waals surface area contributed by atoms with E-state index in [1.165, 1.54) is 115 Å². The maximum atomic E-state index is 12.1. The highest BCUT2D eigenvalue weighted by atomic mass is 16.4. The van der Waals surface area contributed by atoms with Gasteiger partial charge in [0.25, 0.3) is 0 Å². The minimum absolute atomic E-state index is 0.181. The summed E-state index contributed by atoms with van der Waals surface area (Å²) < 4.78 is 0. The van der Waals surface area contributed by atoms with Gasteiger partial charge in [-0.15, -0.1) is 0 Å². The molecule has 0 saturated carbocycles. The molecule has 0 aliphatic rings. The van der Waals surface area contributed by atoms with Gasteiger partial charge in [-0.25, -0.2) is 9.78 Å². The summed E-state index contributed by atoms with van der Waals surface area (Å²) in [5, 5.41) is 11.9. The first kappa shape index (κ1) is 31.2. The number of aliphatic carboxylic acids is 1. The highest BCUT2D eigenvalue weighted by Gasteiger charge is 2.20. The molecule has 0 fully saturated rings. The molecule has 35 heavy (non-hydrogen) atoms. The van der Waals surface area contributed by atoms with Crippen LogP contribution in [-0.4, -0.2) is 33.0 Å². The van der Waals surface area contributed by atoms with Crippen LogP contribution in [0.1, 0.15) is 147 Å². The number of unbranched alkanes of at least 4 members (excludes halogenated alkanes) is 19. The Morgan fingerprint density at radius 3 is 1.57 bits per heavy atom. The number of H-pyrrole nitrogens is 1. The van der Waals surface area contributed by atoms with E-state index in [9.17, 15) is 14.7 Å². The van der Waals surface area contributed by atoms with Crippen molar-refractivity contribution in [2.24, 2.45) is 0 Å². The lowest BCUT2D eigenvalue weighted by Crippen LogP contribution is -2.42. The van der Waals surface area contributed by atoms with Crippen LogP contribution in [-0.2, 0) is 16.0 Å². The zero-order valence-corrected chi connectivity index (χ0v) is 22.5. The van der Waals surface area contributed by atoms with Gasteiger partial charge in [0.05, 0.1) is 6.33 Å². The van der Waals surface area contributed by atoms with Crippen molar-refractivity contribution in [1.82, 2.24) is 15.3 Å². The van der Waals surface area contributed by atoms with Gasteiger partial charge in [0.15, 0.2) is 0 Å². The fourth-order valence-electron chi connectivity index (χ4n) is 4.62. The van der Waals surface area contributed by atoms with E-state index in [-0.39, 0.29) is 12.3 Å². The second kappa shape index (κ2) is 22.6. The van der Waals surface area contributed by atoms with Crippen LogP contribution in [0.4, 0.5) is 0 Å². The lowest BCUT2D eigenvalue weighted by Gasteiger charge is -2.13. The molecule has 0 aromatic carbocycles. The number of hydrogen-bond acceptors (Lipinski definition) is 3. The standard InChI is InChI=1S/C29H53N3O3/c1-2-3-4-5-6-7-8-9-10-11-12-13-14-15-16-17-18-19-20-21-22-28(33)32-27(29(34)35)23-26-24-30-25-31-26/h24-25,27H,2-23H2,1H3,(H,30,31)(H,32,33)(H,34,35)/t27-/m0/s1. The maximum Gasteiger partial charge on any atom is 0.326 e. The number of nitrogens with zero attached hydrogens (tertiary/aromatic N) is 1. The lowest BCUT2D eigenvalue weighted by atomic mass is 10.0. The van der Waals surface area contributed by atoms with Gasteiger partial charge in [-0.05, 0) is 6.42 Å². The molecule has 0 spiro atoms. The van der Waals surface area contributed by atoms with Crippen LogP contribution in [0.15, 0.2) is 12.5 Å². The molecule has 0 aliphatic carbocycles. The van der Waals surface area contributed by atoms with Gasteiger partial charge in [-0.2, -0.15) is 0 Å². The predicted molar refractivity (Wildman–Crippen MR) is 144 cm³/mol.